The Labute approximate surface area is 123 Å². The Balaban J connectivity index is 2.28. The molecule has 0 unspecified atom stereocenters. The van der Waals surface area contributed by atoms with Crippen LogP contribution in [0.5, 0.6) is 0 Å². The average molecular weight is 302 g/mol. The SMILES string of the molecule is O=C(O)/C=C/c1cccc(S(=O)(=O)Cc2ccccc2)c1. The van der Waals surface area contributed by atoms with Crippen LogP contribution in [0.1, 0.15) is 11.1 Å². The van der Waals surface area contributed by atoms with Crippen LogP contribution in [-0.2, 0) is 20.4 Å². The van der Waals surface area contributed by atoms with Crippen LogP contribution in [0, 0.1) is 0 Å². The summed E-state index contributed by atoms with van der Waals surface area (Å²) < 4.78 is 24.7. The molecule has 0 aliphatic rings. The minimum atomic E-state index is -3.46. The Kier molecular flexibility index (Phi) is 4.55. The molecule has 2 rings (SSSR count). The summed E-state index contributed by atoms with van der Waals surface area (Å²) >= 11 is 0. The van der Waals surface area contributed by atoms with E-state index < -0.39 is 15.8 Å². The molecule has 0 aliphatic carbocycles. The van der Waals surface area contributed by atoms with E-state index in [1.807, 2.05) is 6.07 Å². The van der Waals surface area contributed by atoms with Gasteiger partial charge in [-0.3, -0.25) is 0 Å². The number of rotatable bonds is 5. The molecule has 2 aromatic rings. The maximum absolute atomic E-state index is 12.4. The second kappa shape index (κ2) is 6.37. The number of hydrogen-bond donors (Lipinski definition) is 1. The van der Waals surface area contributed by atoms with Crippen molar-refractivity contribution in [2.75, 3.05) is 0 Å². The minimum absolute atomic E-state index is 0.0834. The van der Waals surface area contributed by atoms with Crippen molar-refractivity contribution in [3.8, 4) is 0 Å². The lowest BCUT2D eigenvalue weighted by Crippen LogP contribution is -2.05. The molecule has 5 heteroatoms. The van der Waals surface area contributed by atoms with Gasteiger partial charge in [-0.1, -0.05) is 42.5 Å². The van der Waals surface area contributed by atoms with Gasteiger partial charge in [-0.05, 0) is 29.3 Å². The van der Waals surface area contributed by atoms with Crippen LogP contribution in [0.2, 0.25) is 0 Å². The number of sulfone groups is 1. The number of hydrogen-bond acceptors (Lipinski definition) is 3. The summed E-state index contributed by atoms with van der Waals surface area (Å²) in [6.45, 7) is 0. The Bertz CT molecular complexity index is 762. The largest absolute Gasteiger partial charge is 0.478 e. The molecule has 0 atom stereocenters. The summed E-state index contributed by atoms with van der Waals surface area (Å²) in [5.74, 6) is -1.16. The zero-order chi connectivity index (χ0) is 15.3. The lowest BCUT2D eigenvalue weighted by molar-refractivity contribution is -0.131. The fraction of sp³-hybridized carbons (Fsp3) is 0.0625. The highest BCUT2D eigenvalue weighted by molar-refractivity contribution is 7.90. The summed E-state index contributed by atoms with van der Waals surface area (Å²) in [6, 6.07) is 15.1. The summed E-state index contributed by atoms with van der Waals surface area (Å²) in [6.07, 6.45) is 2.34. The zero-order valence-corrected chi connectivity index (χ0v) is 12.0. The van der Waals surface area contributed by atoms with Gasteiger partial charge in [0.05, 0.1) is 10.6 Å². The minimum Gasteiger partial charge on any atom is -0.478 e. The first-order valence-corrected chi connectivity index (χ1v) is 7.90. The van der Waals surface area contributed by atoms with Crippen molar-refractivity contribution in [2.45, 2.75) is 10.6 Å². The third-order valence-corrected chi connectivity index (χ3v) is 4.52. The molecule has 0 saturated carbocycles. The molecular weight excluding hydrogens is 288 g/mol. The number of benzene rings is 2. The topological polar surface area (TPSA) is 71.4 Å². The highest BCUT2D eigenvalue weighted by Crippen LogP contribution is 2.18. The van der Waals surface area contributed by atoms with Crippen LogP contribution in [-0.4, -0.2) is 19.5 Å². The maximum atomic E-state index is 12.4. The quantitative estimate of drug-likeness (QED) is 0.862. The van der Waals surface area contributed by atoms with E-state index in [0.29, 0.717) is 11.1 Å². The molecule has 2 aromatic carbocycles. The molecule has 0 radical (unpaired) electrons. The van der Waals surface area contributed by atoms with Crippen molar-refractivity contribution in [1.29, 1.82) is 0 Å². The van der Waals surface area contributed by atoms with E-state index in [0.717, 1.165) is 6.08 Å². The van der Waals surface area contributed by atoms with Crippen LogP contribution >= 0.6 is 0 Å². The van der Waals surface area contributed by atoms with Crippen molar-refractivity contribution in [3.63, 3.8) is 0 Å². The first-order valence-electron chi connectivity index (χ1n) is 6.25. The average Bonchev–Trinajstić information content (AvgIpc) is 2.46. The van der Waals surface area contributed by atoms with Gasteiger partial charge in [0.25, 0.3) is 0 Å². The summed E-state index contributed by atoms with van der Waals surface area (Å²) in [5.41, 5.74) is 1.25. The molecule has 0 spiro atoms. The summed E-state index contributed by atoms with van der Waals surface area (Å²) in [7, 11) is -3.46. The molecule has 4 nitrogen and oxygen atoms in total. The number of aliphatic carboxylic acids is 1. The monoisotopic (exact) mass is 302 g/mol. The highest BCUT2D eigenvalue weighted by Gasteiger charge is 2.15. The molecule has 0 saturated heterocycles. The van der Waals surface area contributed by atoms with E-state index in [2.05, 4.69) is 0 Å². The van der Waals surface area contributed by atoms with Crippen molar-refractivity contribution in [1.82, 2.24) is 0 Å². The smallest absolute Gasteiger partial charge is 0.328 e. The Morgan fingerprint density at radius 3 is 2.43 bits per heavy atom. The van der Waals surface area contributed by atoms with Crippen molar-refractivity contribution < 1.29 is 18.3 Å². The van der Waals surface area contributed by atoms with Crippen molar-refractivity contribution in [3.05, 3.63) is 71.8 Å². The molecule has 0 amide bonds. The van der Waals surface area contributed by atoms with Crippen molar-refractivity contribution >= 4 is 21.9 Å². The number of carboxylic acid groups (broad SMARTS) is 1. The van der Waals surface area contributed by atoms with Gasteiger partial charge in [0, 0.05) is 6.08 Å². The standard InChI is InChI=1S/C16H14O4S/c17-16(18)10-9-13-7-4-8-15(11-13)21(19,20)12-14-5-2-1-3-6-14/h1-11H,12H2,(H,17,18)/b10-9+. The van der Waals surface area contributed by atoms with E-state index in [4.69, 9.17) is 5.11 Å². The van der Waals surface area contributed by atoms with E-state index in [-0.39, 0.29) is 10.6 Å². The fourth-order valence-corrected chi connectivity index (χ4v) is 3.26. The van der Waals surface area contributed by atoms with Gasteiger partial charge < -0.3 is 5.11 Å². The molecule has 0 fully saturated rings. The van der Waals surface area contributed by atoms with Gasteiger partial charge in [-0.15, -0.1) is 0 Å². The predicted molar refractivity (Wildman–Crippen MR) is 80.4 cm³/mol. The van der Waals surface area contributed by atoms with E-state index in [9.17, 15) is 13.2 Å². The molecular formula is C16H14O4S. The molecule has 108 valence electrons. The zero-order valence-electron chi connectivity index (χ0n) is 11.1. The third kappa shape index (κ3) is 4.29. The van der Waals surface area contributed by atoms with Crippen LogP contribution in [0.4, 0.5) is 0 Å². The van der Waals surface area contributed by atoms with Gasteiger partial charge in [0.1, 0.15) is 0 Å². The van der Waals surface area contributed by atoms with Gasteiger partial charge in [-0.2, -0.15) is 0 Å². The molecule has 21 heavy (non-hydrogen) atoms. The van der Waals surface area contributed by atoms with Gasteiger partial charge in [0.15, 0.2) is 9.84 Å². The highest BCUT2D eigenvalue weighted by atomic mass is 32.2. The lowest BCUT2D eigenvalue weighted by atomic mass is 10.2. The van der Waals surface area contributed by atoms with Gasteiger partial charge >= 0.3 is 5.97 Å². The lowest BCUT2D eigenvalue weighted by Gasteiger charge is -2.05. The Morgan fingerprint density at radius 1 is 1.05 bits per heavy atom. The van der Waals surface area contributed by atoms with Crippen molar-refractivity contribution in [2.24, 2.45) is 0 Å². The van der Waals surface area contributed by atoms with E-state index >= 15 is 0 Å². The van der Waals surface area contributed by atoms with Gasteiger partial charge in [-0.25, -0.2) is 13.2 Å². The first kappa shape index (κ1) is 15.0. The Morgan fingerprint density at radius 2 is 1.76 bits per heavy atom. The second-order valence-corrected chi connectivity index (χ2v) is 6.48. The van der Waals surface area contributed by atoms with Crippen LogP contribution in [0.15, 0.2) is 65.6 Å². The first-order chi connectivity index (χ1) is 9.97. The van der Waals surface area contributed by atoms with Crippen LogP contribution < -0.4 is 0 Å². The summed E-state index contributed by atoms with van der Waals surface area (Å²) in [4.78, 5) is 10.7. The van der Waals surface area contributed by atoms with Crippen LogP contribution in [0.25, 0.3) is 6.08 Å². The number of carboxylic acids is 1. The molecule has 0 aliphatic heterocycles. The maximum Gasteiger partial charge on any atom is 0.328 e. The third-order valence-electron chi connectivity index (χ3n) is 2.84. The Hall–Kier alpha value is -2.40. The second-order valence-electron chi connectivity index (χ2n) is 4.49. The van der Waals surface area contributed by atoms with Gasteiger partial charge in [0.2, 0.25) is 0 Å². The fourth-order valence-electron chi connectivity index (χ4n) is 1.86. The number of carbonyl (C=O) groups is 1. The summed E-state index contributed by atoms with van der Waals surface area (Å²) in [5, 5.41) is 8.59. The van der Waals surface area contributed by atoms with E-state index in [1.54, 1.807) is 36.4 Å². The molecule has 0 bridgehead atoms. The normalized spacial score (nSPS) is 11.6. The molecule has 0 aromatic heterocycles. The van der Waals surface area contributed by atoms with E-state index in [1.165, 1.54) is 18.2 Å². The van der Waals surface area contributed by atoms with Crippen LogP contribution in [0.3, 0.4) is 0 Å². The molecule has 0 heterocycles. The molecule has 1 N–H and O–H groups in total. The predicted octanol–water partition coefficient (Wildman–Crippen LogP) is 2.76.